The molecule has 2 heteroatoms. The van der Waals surface area contributed by atoms with Crippen molar-refractivity contribution in [3.05, 3.63) is 77.6 Å². The van der Waals surface area contributed by atoms with Gasteiger partial charge in [0.2, 0.25) is 0 Å². The third-order valence-electron chi connectivity index (χ3n) is 2.75. The predicted octanol–water partition coefficient (Wildman–Crippen LogP) is 4.14. The van der Waals surface area contributed by atoms with E-state index < -0.39 is 0 Å². The van der Waals surface area contributed by atoms with E-state index in [2.05, 4.69) is 0 Å². The summed E-state index contributed by atoms with van der Waals surface area (Å²) >= 11 is 0. The molecule has 0 aromatic heterocycles. The molecule has 0 saturated carbocycles. The van der Waals surface area contributed by atoms with Gasteiger partial charge in [-0.2, -0.15) is 0 Å². The van der Waals surface area contributed by atoms with Crippen molar-refractivity contribution < 1.29 is 9.53 Å². The minimum absolute atomic E-state index is 0.0277. The van der Waals surface area contributed by atoms with Crippen LogP contribution in [0.15, 0.2) is 60.9 Å². The maximum atomic E-state index is 12.4. The van der Waals surface area contributed by atoms with Crippen LogP contribution in [0.3, 0.4) is 0 Å². The quantitative estimate of drug-likeness (QED) is 0.604. The molecule has 0 aliphatic carbocycles. The SMILES string of the molecule is CC=COc1cc(C)ccc1C(=O)c1ccccc1. The van der Waals surface area contributed by atoms with Crippen molar-refractivity contribution in [3.63, 3.8) is 0 Å². The number of benzene rings is 2. The van der Waals surface area contributed by atoms with E-state index in [0.717, 1.165) is 5.56 Å². The molecule has 2 aromatic rings. The van der Waals surface area contributed by atoms with Crippen LogP contribution in [0.4, 0.5) is 0 Å². The summed E-state index contributed by atoms with van der Waals surface area (Å²) in [7, 11) is 0. The largest absolute Gasteiger partial charge is 0.465 e. The van der Waals surface area contributed by atoms with Crippen molar-refractivity contribution in [2.75, 3.05) is 0 Å². The summed E-state index contributed by atoms with van der Waals surface area (Å²) in [6.45, 7) is 3.84. The van der Waals surface area contributed by atoms with Crippen molar-refractivity contribution >= 4 is 5.78 Å². The molecular formula is C17H16O2. The van der Waals surface area contributed by atoms with E-state index in [1.807, 2.05) is 62.4 Å². The second-order valence-electron chi connectivity index (χ2n) is 4.28. The number of hydrogen-bond donors (Lipinski definition) is 0. The Balaban J connectivity index is 2.41. The fourth-order valence-electron chi connectivity index (χ4n) is 1.80. The summed E-state index contributed by atoms with van der Waals surface area (Å²) in [5.41, 5.74) is 2.30. The molecule has 0 N–H and O–H groups in total. The normalized spacial score (nSPS) is 10.6. The molecule has 0 aliphatic heterocycles. The zero-order chi connectivity index (χ0) is 13.7. The van der Waals surface area contributed by atoms with Crippen molar-refractivity contribution in [2.24, 2.45) is 0 Å². The molecule has 0 unspecified atom stereocenters. The van der Waals surface area contributed by atoms with E-state index in [0.29, 0.717) is 16.9 Å². The van der Waals surface area contributed by atoms with Crippen molar-refractivity contribution in [3.8, 4) is 5.75 Å². The van der Waals surface area contributed by atoms with Gasteiger partial charge in [0.15, 0.2) is 5.78 Å². The Morgan fingerprint density at radius 1 is 1.11 bits per heavy atom. The minimum Gasteiger partial charge on any atom is -0.465 e. The van der Waals surface area contributed by atoms with Crippen LogP contribution in [0.5, 0.6) is 5.75 Å². The Morgan fingerprint density at radius 2 is 1.84 bits per heavy atom. The van der Waals surface area contributed by atoms with Crippen LogP contribution < -0.4 is 4.74 Å². The van der Waals surface area contributed by atoms with Gasteiger partial charge in [0.05, 0.1) is 11.8 Å². The maximum absolute atomic E-state index is 12.4. The highest BCUT2D eigenvalue weighted by Gasteiger charge is 2.14. The Kier molecular flexibility index (Phi) is 4.14. The number of carbonyl (C=O) groups is 1. The fraction of sp³-hybridized carbons (Fsp3) is 0.118. The van der Waals surface area contributed by atoms with Crippen LogP contribution in [0, 0.1) is 6.92 Å². The van der Waals surface area contributed by atoms with Crippen LogP contribution in [-0.4, -0.2) is 5.78 Å². The van der Waals surface area contributed by atoms with Crippen molar-refractivity contribution in [2.45, 2.75) is 13.8 Å². The summed E-state index contributed by atoms with van der Waals surface area (Å²) in [6.07, 6.45) is 3.37. The zero-order valence-electron chi connectivity index (χ0n) is 11.1. The zero-order valence-corrected chi connectivity index (χ0v) is 11.1. The van der Waals surface area contributed by atoms with Gasteiger partial charge in [0, 0.05) is 5.56 Å². The molecule has 0 spiro atoms. The average Bonchev–Trinajstić information content (AvgIpc) is 2.45. The molecule has 2 aromatic carbocycles. The van der Waals surface area contributed by atoms with E-state index >= 15 is 0 Å². The number of rotatable bonds is 4. The van der Waals surface area contributed by atoms with Crippen LogP contribution in [0.1, 0.15) is 28.4 Å². The molecule has 0 atom stereocenters. The fourth-order valence-corrected chi connectivity index (χ4v) is 1.80. The molecule has 0 heterocycles. The van der Waals surface area contributed by atoms with Crippen LogP contribution >= 0.6 is 0 Å². The standard InChI is InChI=1S/C17H16O2/c1-3-11-19-16-12-13(2)9-10-15(16)17(18)14-7-5-4-6-8-14/h3-12H,1-2H3. The molecule has 0 aliphatic rings. The lowest BCUT2D eigenvalue weighted by Crippen LogP contribution is -2.03. The van der Waals surface area contributed by atoms with Gasteiger partial charge in [-0.25, -0.2) is 0 Å². The molecule has 0 saturated heterocycles. The van der Waals surface area contributed by atoms with Crippen LogP contribution in [-0.2, 0) is 0 Å². The Hall–Kier alpha value is -2.35. The first-order valence-electron chi connectivity index (χ1n) is 6.20. The van der Waals surface area contributed by atoms with Crippen molar-refractivity contribution in [1.29, 1.82) is 0 Å². The lowest BCUT2D eigenvalue weighted by Gasteiger charge is -2.09. The predicted molar refractivity (Wildman–Crippen MR) is 76.5 cm³/mol. The molecule has 0 amide bonds. The van der Waals surface area contributed by atoms with Gasteiger partial charge in [-0.1, -0.05) is 42.5 Å². The van der Waals surface area contributed by atoms with Gasteiger partial charge in [0.25, 0.3) is 0 Å². The van der Waals surface area contributed by atoms with Crippen LogP contribution in [0.25, 0.3) is 0 Å². The summed E-state index contributed by atoms with van der Waals surface area (Å²) in [4.78, 5) is 12.4. The van der Waals surface area contributed by atoms with E-state index in [9.17, 15) is 4.79 Å². The maximum Gasteiger partial charge on any atom is 0.196 e. The lowest BCUT2D eigenvalue weighted by molar-refractivity contribution is 0.103. The Labute approximate surface area is 113 Å². The Bertz CT molecular complexity index is 598. The van der Waals surface area contributed by atoms with Crippen molar-refractivity contribution in [1.82, 2.24) is 0 Å². The number of carbonyl (C=O) groups excluding carboxylic acids is 1. The first-order chi connectivity index (χ1) is 9.22. The molecule has 96 valence electrons. The molecule has 0 bridgehead atoms. The van der Waals surface area contributed by atoms with Crippen LogP contribution in [0.2, 0.25) is 0 Å². The molecule has 2 nitrogen and oxygen atoms in total. The van der Waals surface area contributed by atoms with Gasteiger partial charge in [0.1, 0.15) is 5.75 Å². The first kappa shape index (κ1) is 13.1. The second-order valence-corrected chi connectivity index (χ2v) is 4.28. The highest BCUT2D eigenvalue weighted by atomic mass is 16.5. The van der Waals surface area contributed by atoms with Gasteiger partial charge in [-0.15, -0.1) is 0 Å². The summed E-state index contributed by atoms with van der Waals surface area (Å²) in [5, 5.41) is 0. The molecule has 0 radical (unpaired) electrons. The molecule has 2 rings (SSSR count). The highest BCUT2D eigenvalue weighted by Crippen LogP contribution is 2.23. The number of allylic oxidation sites excluding steroid dienone is 1. The second kappa shape index (κ2) is 6.01. The smallest absolute Gasteiger partial charge is 0.196 e. The monoisotopic (exact) mass is 252 g/mol. The van der Waals surface area contributed by atoms with Gasteiger partial charge in [-0.3, -0.25) is 4.79 Å². The minimum atomic E-state index is -0.0277. The molecule has 19 heavy (non-hydrogen) atoms. The van der Waals surface area contributed by atoms with E-state index in [1.54, 1.807) is 12.3 Å². The van der Waals surface area contributed by atoms with E-state index in [1.165, 1.54) is 0 Å². The third-order valence-corrected chi connectivity index (χ3v) is 2.75. The summed E-state index contributed by atoms with van der Waals surface area (Å²) in [6, 6.07) is 14.8. The molecular weight excluding hydrogens is 236 g/mol. The number of aryl methyl sites for hydroxylation is 1. The summed E-state index contributed by atoms with van der Waals surface area (Å²) < 4.78 is 5.51. The van der Waals surface area contributed by atoms with Gasteiger partial charge < -0.3 is 4.74 Å². The van der Waals surface area contributed by atoms with E-state index in [4.69, 9.17) is 4.74 Å². The van der Waals surface area contributed by atoms with E-state index in [-0.39, 0.29) is 5.78 Å². The third kappa shape index (κ3) is 3.10. The number of ketones is 1. The molecule has 0 fully saturated rings. The lowest BCUT2D eigenvalue weighted by atomic mass is 10.0. The average molecular weight is 252 g/mol. The van der Waals surface area contributed by atoms with Gasteiger partial charge >= 0.3 is 0 Å². The number of ether oxygens (including phenoxy) is 1. The highest BCUT2D eigenvalue weighted by molar-refractivity contribution is 6.10. The number of hydrogen-bond acceptors (Lipinski definition) is 2. The van der Waals surface area contributed by atoms with Gasteiger partial charge in [-0.05, 0) is 31.5 Å². The topological polar surface area (TPSA) is 26.3 Å². The first-order valence-corrected chi connectivity index (χ1v) is 6.20. The summed E-state index contributed by atoms with van der Waals surface area (Å²) in [5.74, 6) is 0.562. The Morgan fingerprint density at radius 3 is 2.53 bits per heavy atom.